The number of hydrogen-bond donors (Lipinski definition) is 1. The third kappa shape index (κ3) is 2.57. The highest BCUT2D eigenvalue weighted by Gasteiger charge is 2.13. The van der Waals surface area contributed by atoms with Crippen LogP contribution in [0.25, 0.3) is 6.08 Å². The van der Waals surface area contributed by atoms with Crippen LogP contribution < -0.4 is 4.74 Å². The maximum Gasteiger partial charge on any atom is 0.185 e. The number of aromatic hydroxyl groups is 1. The van der Waals surface area contributed by atoms with Crippen LogP contribution in [-0.2, 0) is 6.42 Å². The number of phenols is 1. The summed E-state index contributed by atoms with van der Waals surface area (Å²) in [5, 5.41) is 9.37. The van der Waals surface area contributed by atoms with E-state index < -0.39 is 0 Å². The molecular formula is C17H14O3. The van der Waals surface area contributed by atoms with Crippen LogP contribution in [0.15, 0.2) is 48.5 Å². The summed E-state index contributed by atoms with van der Waals surface area (Å²) in [6, 6.07) is 12.3. The first-order valence-corrected chi connectivity index (χ1v) is 6.49. The molecule has 0 unspecified atom stereocenters. The highest BCUT2D eigenvalue weighted by Crippen LogP contribution is 2.26. The van der Waals surface area contributed by atoms with Crippen molar-refractivity contribution < 1.29 is 14.6 Å². The van der Waals surface area contributed by atoms with Gasteiger partial charge in [0.25, 0.3) is 0 Å². The fraction of sp³-hybridized carbons (Fsp3) is 0.118. The number of ether oxygens (including phenoxy) is 1. The van der Waals surface area contributed by atoms with Crippen molar-refractivity contribution in [2.24, 2.45) is 0 Å². The Labute approximate surface area is 117 Å². The Balaban J connectivity index is 1.79. The Hall–Kier alpha value is -2.55. The van der Waals surface area contributed by atoms with E-state index in [0.717, 1.165) is 23.3 Å². The lowest BCUT2D eigenvalue weighted by atomic mass is 10.0. The minimum absolute atomic E-state index is 0.0527. The van der Waals surface area contributed by atoms with Crippen molar-refractivity contribution in [3.8, 4) is 11.5 Å². The molecule has 3 heteroatoms. The van der Waals surface area contributed by atoms with Gasteiger partial charge in [0.2, 0.25) is 0 Å². The quantitative estimate of drug-likeness (QED) is 0.685. The predicted octanol–water partition coefficient (Wildman–Crippen LogP) is 3.22. The van der Waals surface area contributed by atoms with Crippen LogP contribution in [0.3, 0.4) is 0 Å². The smallest absolute Gasteiger partial charge is 0.185 e. The maximum absolute atomic E-state index is 12.1. The highest BCUT2D eigenvalue weighted by molar-refractivity contribution is 6.07. The van der Waals surface area contributed by atoms with Gasteiger partial charge in [-0.1, -0.05) is 18.2 Å². The molecular weight excluding hydrogens is 252 g/mol. The monoisotopic (exact) mass is 266 g/mol. The van der Waals surface area contributed by atoms with Gasteiger partial charge in [0, 0.05) is 12.0 Å². The molecule has 1 heterocycles. The van der Waals surface area contributed by atoms with Crippen molar-refractivity contribution in [3.63, 3.8) is 0 Å². The van der Waals surface area contributed by atoms with Crippen LogP contribution >= 0.6 is 0 Å². The summed E-state index contributed by atoms with van der Waals surface area (Å²) in [6.07, 6.45) is 4.07. The van der Waals surface area contributed by atoms with Crippen LogP contribution in [-0.4, -0.2) is 17.5 Å². The SMILES string of the molecule is O=C(/C=C/c1cccc(O)c1)c1ccc2c(c1)CCO2. The molecule has 3 nitrogen and oxygen atoms in total. The molecule has 0 spiro atoms. The van der Waals surface area contributed by atoms with Gasteiger partial charge < -0.3 is 9.84 Å². The highest BCUT2D eigenvalue weighted by atomic mass is 16.5. The van der Waals surface area contributed by atoms with Gasteiger partial charge in [-0.05, 0) is 47.5 Å². The van der Waals surface area contributed by atoms with Gasteiger partial charge in [-0.2, -0.15) is 0 Å². The Morgan fingerprint density at radius 3 is 2.95 bits per heavy atom. The number of rotatable bonds is 3. The minimum atomic E-state index is -0.0527. The van der Waals surface area contributed by atoms with Crippen LogP contribution in [0.2, 0.25) is 0 Å². The number of benzene rings is 2. The van der Waals surface area contributed by atoms with Gasteiger partial charge in [0.1, 0.15) is 11.5 Å². The van der Waals surface area contributed by atoms with Gasteiger partial charge >= 0.3 is 0 Å². The molecule has 2 aromatic carbocycles. The topological polar surface area (TPSA) is 46.5 Å². The third-order valence-corrected chi connectivity index (χ3v) is 3.27. The van der Waals surface area contributed by atoms with E-state index in [4.69, 9.17) is 4.74 Å². The normalized spacial score (nSPS) is 13.2. The molecule has 1 aliphatic rings. The van der Waals surface area contributed by atoms with Gasteiger partial charge in [0.05, 0.1) is 6.61 Å². The summed E-state index contributed by atoms with van der Waals surface area (Å²) in [5.41, 5.74) is 2.54. The van der Waals surface area contributed by atoms with Crippen LogP contribution in [0.5, 0.6) is 11.5 Å². The first-order valence-electron chi connectivity index (χ1n) is 6.49. The maximum atomic E-state index is 12.1. The molecule has 100 valence electrons. The molecule has 0 bridgehead atoms. The summed E-state index contributed by atoms with van der Waals surface area (Å²) in [7, 11) is 0. The molecule has 0 saturated carbocycles. The van der Waals surface area contributed by atoms with Crippen molar-refractivity contribution in [3.05, 3.63) is 65.2 Å². The van der Waals surface area contributed by atoms with Gasteiger partial charge in [-0.25, -0.2) is 0 Å². The molecule has 0 radical (unpaired) electrons. The molecule has 3 rings (SSSR count). The second kappa shape index (κ2) is 5.21. The van der Waals surface area contributed by atoms with E-state index in [1.807, 2.05) is 18.2 Å². The van der Waals surface area contributed by atoms with Crippen molar-refractivity contribution in [2.45, 2.75) is 6.42 Å². The number of fused-ring (bicyclic) bond motifs is 1. The summed E-state index contributed by atoms with van der Waals surface area (Å²) in [6.45, 7) is 0.687. The predicted molar refractivity (Wildman–Crippen MR) is 77.1 cm³/mol. The fourth-order valence-electron chi connectivity index (χ4n) is 2.24. The van der Waals surface area contributed by atoms with Crippen molar-refractivity contribution in [2.75, 3.05) is 6.61 Å². The van der Waals surface area contributed by atoms with Crippen LogP contribution in [0.4, 0.5) is 0 Å². The van der Waals surface area contributed by atoms with Crippen LogP contribution in [0.1, 0.15) is 21.5 Å². The van der Waals surface area contributed by atoms with Crippen molar-refractivity contribution in [1.29, 1.82) is 0 Å². The Bertz CT molecular complexity index is 686. The first kappa shape index (κ1) is 12.5. The molecule has 0 aromatic heterocycles. The number of carbonyl (C=O) groups is 1. The summed E-state index contributed by atoms with van der Waals surface area (Å²) in [5.74, 6) is 1.01. The number of phenolic OH excluding ortho intramolecular Hbond substituents is 1. The molecule has 20 heavy (non-hydrogen) atoms. The molecule has 0 aliphatic carbocycles. The average molecular weight is 266 g/mol. The molecule has 0 atom stereocenters. The van der Waals surface area contributed by atoms with Gasteiger partial charge in [-0.3, -0.25) is 4.79 Å². The van der Waals surface area contributed by atoms with E-state index in [1.165, 1.54) is 6.08 Å². The average Bonchev–Trinajstić information content (AvgIpc) is 2.92. The number of allylic oxidation sites excluding steroid dienone is 1. The molecule has 0 fully saturated rings. The Morgan fingerprint density at radius 2 is 2.10 bits per heavy atom. The van der Waals surface area contributed by atoms with E-state index >= 15 is 0 Å². The second-order valence-electron chi connectivity index (χ2n) is 4.71. The zero-order valence-electron chi connectivity index (χ0n) is 10.9. The minimum Gasteiger partial charge on any atom is -0.508 e. The molecule has 1 N–H and O–H groups in total. The lowest BCUT2D eigenvalue weighted by molar-refractivity contribution is 0.104. The lowest BCUT2D eigenvalue weighted by Crippen LogP contribution is -1.94. The van der Waals surface area contributed by atoms with E-state index in [0.29, 0.717) is 12.2 Å². The van der Waals surface area contributed by atoms with Crippen LogP contribution in [0, 0.1) is 0 Å². The van der Waals surface area contributed by atoms with Crippen molar-refractivity contribution >= 4 is 11.9 Å². The number of ketones is 1. The third-order valence-electron chi connectivity index (χ3n) is 3.27. The fourth-order valence-corrected chi connectivity index (χ4v) is 2.24. The van der Waals surface area contributed by atoms with Crippen molar-refractivity contribution in [1.82, 2.24) is 0 Å². The second-order valence-corrected chi connectivity index (χ2v) is 4.71. The van der Waals surface area contributed by atoms with E-state index in [-0.39, 0.29) is 11.5 Å². The molecule has 0 amide bonds. The Kier molecular flexibility index (Phi) is 3.25. The summed E-state index contributed by atoms with van der Waals surface area (Å²) in [4.78, 5) is 12.1. The molecule has 0 saturated heterocycles. The lowest BCUT2D eigenvalue weighted by Gasteiger charge is -2.01. The molecule has 2 aromatic rings. The summed E-state index contributed by atoms with van der Waals surface area (Å²) >= 11 is 0. The van der Waals surface area contributed by atoms with E-state index in [2.05, 4.69) is 0 Å². The largest absolute Gasteiger partial charge is 0.508 e. The Morgan fingerprint density at radius 1 is 1.20 bits per heavy atom. The standard InChI is InChI=1S/C17H14O3/c18-15-3-1-2-12(10-15)4-6-16(19)13-5-7-17-14(11-13)8-9-20-17/h1-7,10-11,18H,8-9H2/b6-4+. The zero-order valence-corrected chi connectivity index (χ0v) is 10.9. The van der Waals surface area contributed by atoms with Gasteiger partial charge in [0.15, 0.2) is 5.78 Å². The first-order chi connectivity index (χ1) is 9.72. The number of hydrogen-bond acceptors (Lipinski definition) is 3. The summed E-state index contributed by atoms with van der Waals surface area (Å²) < 4.78 is 5.42. The van der Waals surface area contributed by atoms with E-state index in [1.54, 1.807) is 30.3 Å². The number of carbonyl (C=O) groups excluding carboxylic acids is 1. The van der Waals surface area contributed by atoms with Gasteiger partial charge in [-0.15, -0.1) is 0 Å². The molecule has 1 aliphatic heterocycles. The van der Waals surface area contributed by atoms with E-state index in [9.17, 15) is 9.90 Å². The zero-order chi connectivity index (χ0) is 13.9.